The largest absolute Gasteiger partial charge is 0.316 e. The molecule has 0 unspecified atom stereocenters. The molecular weight excluding hydrogens is 210 g/mol. The highest BCUT2D eigenvalue weighted by Gasteiger charge is 2.36. The van der Waals surface area contributed by atoms with Crippen LogP contribution in [0.5, 0.6) is 0 Å². The molecule has 0 aromatic heterocycles. The van der Waals surface area contributed by atoms with Crippen LogP contribution < -0.4 is 5.32 Å². The minimum Gasteiger partial charge on any atom is -0.316 e. The third-order valence-electron chi connectivity index (χ3n) is 3.55. The number of sulfone groups is 1. The van der Waals surface area contributed by atoms with Gasteiger partial charge in [0.15, 0.2) is 0 Å². The van der Waals surface area contributed by atoms with Crippen LogP contribution in [-0.4, -0.2) is 33.0 Å². The molecule has 0 radical (unpaired) electrons. The normalized spacial score (nSPS) is 19.9. The van der Waals surface area contributed by atoms with E-state index >= 15 is 0 Å². The summed E-state index contributed by atoms with van der Waals surface area (Å²) in [6.45, 7) is 5.78. The molecule has 1 N–H and O–H groups in total. The van der Waals surface area contributed by atoms with Gasteiger partial charge in [-0.2, -0.15) is 0 Å². The Labute approximate surface area is 93.6 Å². The SMILES string of the molecule is CCNCC1(CCS(=O)(=O)CC)CCC1. The summed E-state index contributed by atoms with van der Waals surface area (Å²) >= 11 is 0. The summed E-state index contributed by atoms with van der Waals surface area (Å²) in [5.41, 5.74) is 0.290. The maximum Gasteiger partial charge on any atom is 0.150 e. The van der Waals surface area contributed by atoms with Crippen LogP contribution in [0, 0.1) is 5.41 Å². The van der Waals surface area contributed by atoms with E-state index < -0.39 is 9.84 Å². The Morgan fingerprint density at radius 3 is 2.33 bits per heavy atom. The molecule has 15 heavy (non-hydrogen) atoms. The lowest BCUT2D eigenvalue weighted by atomic mass is 9.67. The maximum atomic E-state index is 11.4. The number of hydrogen-bond donors (Lipinski definition) is 1. The molecule has 0 spiro atoms. The molecule has 0 aromatic carbocycles. The summed E-state index contributed by atoms with van der Waals surface area (Å²) in [6.07, 6.45) is 4.49. The molecule has 4 heteroatoms. The Balaban J connectivity index is 2.40. The van der Waals surface area contributed by atoms with Crippen LogP contribution in [0.15, 0.2) is 0 Å². The van der Waals surface area contributed by atoms with E-state index in [-0.39, 0.29) is 11.2 Å². The summed E-state index contributed by atoms with van der Waals surface area (Å²) in [6, 6.07) is 0. The highest BCUT2D eigenvalue weighted by atomic mass is 32.2. The zero-order chi connectivity index (χ0) is 11.4. The van der Waals surface area contributed by atoms with E-state index in [1.165, 1.54) is 19.3 Å². The maximum absolute atomic E-state index is 11.4. The van der Waals surface area contributed by atoms with Crippen molar-refractivity contribution >= 4 is 9.84 Å². The van der Waals surface area contributed by atoms with E-state index in [9.17, 15) is 8.42 Å². The van der Waals surface area contributed by atoms with Crippen LogP contribution in [0.3, 0.4) is 0 Å². The first-order valence-electron chi connectivity index (χ1n) is 5.95. The van der Waals surface area contributed by atoms with Crippen molar-refractivity contribution in [2.45, 2.75) is 39.5 Å². The van der Waals surface area contributed by atoms with Gasteiger partial charge in [0.05, 0.1) is 5.75 Å². The minimum absolute atomic E-state index is 0.282. The average Bonchev–Trinajstić information content (AvgIpc) is 2.16. The second-order valence-electron chi connectivity index (χ2n) is 4.62. The first kappa shape index (κ1) is 13.0. The minimum atomic E-state index is -2.78. The van der Waals surface area contributed by atoms with Crippen molar-refractivity contribution in [3.63, 3.8) is 0 Å². The Morgan fingerprint density at radius 2 is 1.93 bits per heavy atom. The fraction of sp³-hybridized carbons (Fsp3) is 1.00. The predicted octanol–water partition coefficient (Wildman–Crippen LogP) is 1.59. The van der Waals surface area contributed by atoms with E-state index in [1.54, 1.807) is 6.92 Å². The summed E-state index contributed by atoms with van der Waals surface area (Å²) in [5.74, 6) is 0.652. The second-order valence-corrected chi connectivity index (χ2v) is 7.09. The Morgan fingerprint density at radius 1 is 1.27 bits per heavy atom. The summed E-state index contributed by atoms with van der Waals surface area (Å²) in [7, 11) is -2.78. The van der Waals surface area contributed by atoms with Crippen molar-refractivity contribution in [3.05, 3.63) is 0 Å². The molecule has 0 aromatic rings. The van der Waals surface area contributed by atoms with Crippen LogP contribution >= 0.6 is 0 Å². The second kappa shape index (κ2) is 5.30. The fourth-order valence-corrected chi connectivity index (χ4v) is 3.13. The molecule has 1 aliphatic carbocycles. The van der Waals surface area contributed by atoms with Gasteiger partial charge in [-0.15, -0.1) is 0 Å². The van der Waals surface area contributed by atoms with Gasteiger partial charge in [0.2, 0.25) is 0 Å². The monoisotopic (exact) mass is 233 g/mol. The van der Waals surface area contributed by atoms with E-state index in [2.05, 4.69) is 12.2 Å². The zero-order valence-electron chi connectivity index (χ0n) is 9.88. The first-order chi connectivity index (χ1) is 7.04. The zero-order valence-corrected chi connectivity index (χ0v) is 10.7. The van der Waals surface area contributed by atoms with Crippen LogP contribution in [0.2, 0.25) is 0 Å². The molecule has 0 saturated heterocycles. The first-order valence-corrected chi connectivity index (χ1v) is 7.77. The van der Waals surface area contributed by atoms with Gasteiger partial charge in [0.25, 0.3) is 0 Å². The average molecular weight is 233 g/mol. The van der Waals surface area contributed by atoms with Gasteiger partial charge >= 0.3 is 0 Å². The molecule has 1 aliphatic rings. The third-order valence-corrected chi connectivity index (χ3v) is 5.25. The van der Waals surface area contributed by atoms with Crippen molar-refractivity contribution in [3.8, 4) is 0 Å². The van der Waals surface area contributed by atoms with Crippen LogP contribution in [0.4, 0.5) is 0 Å². The van der Waals surface area contributed by atoms with E-state index in [0.717, 1.165) is 19.5 Å². The lowest BCUT2D eigenvalue weighted by molar-refractivity contribution is 0.126. The highest BCUT2D eigenvalue weighted by molar-refractivity contribution is 7.91. The molecule has 0 aliphatic heterocycles. The Bertz CT molecular complexity index is 281. The molecule has 1 rings (SSSR count). The fourth-order valence-electron chi connectivity index (χ4n) is 2.10. The van der Waals surface area contributed by atoms with Gasteiger partial charge in [0.1, 0.15) is 9.84 Å². The van der Waals surface area contributed by atoms with Crippen LogP contribution in [0.1, 0.15) is 39.5 Å². The van der Waals surface area contributed by atoms with E-state index in [1.807, 2.05) is 0 Å². The topological polar surface area (TPSA) is 46.2 Å². The lowest BCUT2D eigenvalue weighted by Crippen LogP contribution is -2.41. The standard InChI is InChI=1S/C11H23NO2S/c1-3-12-10-11(6-5-7-11)8-9-15(13,14)4-2/h12H,3-10H2,1-2H3. The Hall–Kier alpha value is -0.0900. The van der Waals surface area contributed by atoms with Crippen LogP contribution in [0.25, 0.3) is 0 Å². The van der Waals surface area contributed by atoms with Gasteiger partial charge in [-0.3, -0.25) is 0 Å². The van der Waals surface area contributed by atoms with Crippen molar-refractivity contribution in [2.75, 3.05) is 24.6 Å². The molecular formula is C11H23NO2S. The van der Waals surface area contributed by atoms with Crippen molar-refractivity contribution in [1.29, 1.82) is 0 Å². The molecule has 0 atom stereocenters. The van der Waals surface area contributed by atoms with Crippen molar-refractivity contribution in [1.82, 2.24) is 5.32 Å². The van der Waals surface area contributed by atoms with E-state index in [0.29, 0.717) is 5.75 Å². The van der Waals surface area contributed by atoms with Gasteiger partial charge in [-0.05, 0) is 31.2 Å². The number of rotatable bonds is 7. The van der Waals surface area contributed by atoms with Crippen molar-refractivity contribution < 1.29 is 8.42 Å². The van der Waals surface area contributed by atoms with E-state index in [4.69, 9.17) is 0 Å². The number of hydrogen-bond acceptors (Lipinski definition) is 3. The molecule has 0 bridgehead atoms. The van der Waals surface area contributed by atoms with Gasteiger partial charge in [-0.1, -0.05) is 20.3 Å². The quantitative estimate of drug-likeness (QED) is 0.726. The number of nitrogens with one attached hydrogen (secondary N) is 1. The van der Waals surface area contributed by atoms with Gasteiger partial charge in [0, 0.05) is 12.3 Å². The van der Waals surface area contributed by atoms with Gasteiger partial charge < -0.3 is 5.32 Å². The molecule has 90 valence electrons. The Kier molecular flexibility index (Phi) is 4.59. The molecule has 0 heterocycles. The molecule has 0 amide bonds. The summed E-state index contributed by atoms with van der Waals surface area (Å²) < 4.78 is 22.9. The van der Waals surface area contributed by atoms with Crippen LogP contribution in [-0.2, 0) is 9.84 Å². The molecule has 1 saturated carbocycles. The molecule has 1 fully saturated rings. The molecule has 3 nitrogen and oxygen atoms in total. The highest BCUT2D eigenvalue weighted by Crippen LogP contribution is 2.43. The summed E-state index contributed by atoms with van der Waals surface area (Å²) in [5, 5.41) is 3.35. The lowest BCUT2D eigenvalue weighted by Gasteiger charge is -2.42. The van der Waals surface area contributed by atoms with Gasteiger partial charge in [-0.25, -0.2) is 8.42 Å². The summed E-state index contributed by atoms with van der Waals surface area (Å²) in [4.78, 5) is 0. The smallest absolute Gasteiger partial charge is 0.150 e. The van der Waals surface area contributed by atoms with Crippen molar-refractivity contribution in [2.24, 2.45) is 5.41 Å². The third kappa shape index (κ3) is 3.76. The predicted molar refractivity (Wildman–Crippen MR) is 63.8 cm³/mol.